The molecule has 0 spiro atoms. The summed E-state index contributed by atoms with van der Waals surface area (Å²) in [4.78, 5) is 22.2. The van der Waals surface area contributed by atoms with Gasteiger partial charge >= 0.3 is 5.97 Å². The van der Waals surface area contributed by atoms with Crippen molar-refractivity contribution in [2.24, 2.45) is 5.92 Å². The van der Waals surface area contributed by atoms with Crippen molar-refractivity contribution in [1.82, 2.24) is 14.5 Å². The Kier molecular flexibility index (Phi) is 4.24. The number of nitrogens with two attached hydrogens (primary N) is 1. The van der Waals surface area contributed by atoms with Crippen LogP contribution < -0.4 is 5.73 Å². The normalized spacial score (nSPS) is 11.4. The van der Waals surface area contributed by atoms with Crippen molar-refractivity contribution < 1.29 is 9.53 Å². The summed E-state index contributed by atoms with van der Waals surface area (Å²) in [6.07, 6.45) is 0. The first-order valence-electron chi connectivity index (χ1n) is 8.85. The van der Waals surface area contributed by atoms with Gasteiger partial charge in [0.05, 0.1) is 17.6 Å². The largest absolute Gasteiger partial charge is 0.462 e. The molecular formula is C21H20N4O2. The average Bonchev–Trinajstić information content (AvgIpc) is 2.95. The number of carbonyl (C=O) groups excluding carboxylic acids is 1. The van der Waals surface area contributed by atoms with Crippen LogP contribution in [0, 0.1) is 5.92 Å². The Bertz CT molecular complexity index is 1130. The minimum atomic E-state index is -0.481. The van der Waals surface area contributed by atoms with Crippen LogP contribution in [0.4, 0.5) is 5.82 Å². The van der Waals surface area contributed by atoms with Crippen LogP contribution >= 0.6 is 0 Å². The van der Waals surface area contributed by atoms with E-state index in [-0.39, 0.29) is 17.3 Å². The molecule has 0 radical (unpaired) electrons. The molecule has 2 aromatic heterocycles. The van der Waals surface area contributed by atoms with Gasteiger partial charge in [-0.3, -0.25) is 4.57 Å². The number of aromatic nitrogens is 3. The van der Waals surface area contributed by atoms with Gasteiger partial charge in [0, 0.05) is 5.69 Å². The van der Waals surface area contributed by atoms with Gasteiger partial charge in [0.15, 0.2) is 5.65 Å². The lowest BCUT2D eigenvalue weighted by Crippen LogP contribution is -2.12. The lowest BCUT2D eigenvalue weighted by atomic mass is 10.2. The van der Waals surface area contributed by atoms with E-state index in [4.69, 9.17) is 15.5 Å². The number of hydrogen-bond acceptors (Lipinski definition) is 5. The Labute approximate surface area is 156 Å². The molecule has 0 atom stereocenters. The van der Waals surface area contributed by atoms with Crippen molar-refractivity contribution in [3.8, 4) is 5.69 Å². The first kappa shape index (κ1) is 17.0. The van der Waals surface area contributed by atoms with Crippen molar-refractivity contribution in [2.45, 2.75) is 13.8 Å². The first-order valence-corrected chi connectivity index (χ1v) is 8.85. The highest BCUT2D eigenvalue weighted by Crippen LogP contribution is 2.31. The number of nitrogens with zero attached hydrogens (tertiary/aromatic N) is 3. The Balaban J connectivity index is 2.00. The second kappa shape index (κ2) is 6.72. The van der Waals surface area contributed by atoms with Crippen LogP contribution in [0.3, 0.4) is 0 Å². The third-order valence-corrected chi connectivity index (χ3v) is 4.26. The van der Waals surface area contributed by atoms with Crippen molar-refractivity contribution in [3.63, 3.8) is 0 Å². The van der Waals surface area contributed by atoms with E-state index in [1.54, 1.807) is 4.57 Å². The molecular weight excluding hydrogens is 340 g/mol. The molecule has 2 N–H and O–H groups in total. The summed E-state index contributed by atoms with van der Waals surface area (Å²) in [6.45, 7) is 4.28. The fraction of sp³-hybridized carbons (Fsp3) is 0.190. The molecule has 136 valence electrons. The predicted molar refractivity (Wildman–Crippen MR) is 106 cm³/mol. The number of hydrogen-bond donors (Lipinski definition) is 1. The molecule has 2 aromatic carbocycles. The average molecular weight is 360 g/mol. The minimum Gasteiger partial charge on any atom is -0.462 e. The maximum Gasteiger partial charge on any atom is 0.344 e. The Morgan fingerprint density at radius 3 is 2.33 bits per heavy atom. The highest BCUT2D eigenvalue weighted by Gasteiger charge is 2.26. The molecule has 6 nitrogen and oxygen atoms in total. The smallest absolute Gasteiger partial charge is 0.344 e. The minimum absolute atomic E-state index is 0.226. The molecule has 2 heterocycles. The Hall–Kier alpha value is -3.41. The van der Waals surface area contributed by atoms with Crippen molar-refractivity contribution >= 4 is 34.0 Å². The van der Waals surface area contributed by atoms with Gasteiger partial charge in [0.1, 0.15) is 16.9 Å². The summed E-state index contributed by atoms with van der Waals surface area (Å²) < 4.78 is 7.19. The molecule has 0 aliphatic heterocycles. The van der Waals surface area contributed by atoms with Gasteiger partial charge in [-0.25, -0.2) is 14.8 Å². The molecule has 0 aliphatic rings. The highest BCUT2D eigenvalue weighted by atomic mass is 16.5. The van der Waals surface area contributed by atoms with E-state index in [0.717, 1.165) is 11.2 Å². The summed E-state index contributed by atoms with van der Waals surface area (Å²) in [5, 5.41) is 0. The molecule has 4 rings (SSSR count). The van der Waals surface area contributed by atoms with Gasteiger partial charge in [-0.1, -0.05) is 44.2 Å². The van der Waals surface area contributed by atoms with E-state index < -0.39 is 5.97 Å². The van der Waals surface area contributed by atoms with Crippen molar-refractivity contribution in [3.05, 3.63) is 60.2 Å². The van der Waals surface area contributed by atoms with Crippen molar-refractivity contribution in [2.75, 3.05) is 12.3 Å². The maximum absolute atomic E-state index is 12.8. The van der Waals surface area contributed by atoms with Gasteiger partial charge < -0.3 is 10.5 Å². The van der Waals surface area contributed by atoms with E-state index in [9.17, 15) is 4.79 Å². The molecule has 0 saturated heterocycles. The van der Waals surface area contributed by atoms with E-state index in [1.165, 1.54) is 0 Å². The topological polar surface area (TPSA) is 83.0 Å². The molecule has 0 aliphatic carbocycles. The molecule has 0 unspecified atom stereocenters. The van der Waals surface area contributed by atoms with Crippen LogP contribution in [-0.4, -0.2) is 27.1 Å². The molecule has 0 saturated carbocycles. The summed E-state index contributed by atoms with van der Waals surface area (Å²) in [5.41, 5.74) is 9.89. The highest BCUT2D eigenvalue weighted by molar-refractivity contribution is 6.09. The van der Waals surface area contributed by atoms with Crippen LogP contribution in [0.2, 0.25) is 0 Å². The Morgan fingerprint density at radius 1 is 1.04 bits per heavy atom. The van der Waals surface area contributed by atoms with Crippen LogP contribution in [0.15, 0.2) is 54.6 Å². The number of anilines is 1. The van der Waals surface area contributed by atoms with Gasteiger partial charge in [0.25, 0.3) is 0 Å². The number of esters is 1. The second-order valence-electron chi connectivity index (χ2n) is 6.81. The molecule has 0 bridgehead atoms. The lowest BCUT2D eigenvalue weighted by molar-refractivity contribution is 0.0462. The fourth-order valence-corrected chi connectivity index (χ4v) is 3.02. The number of carbonyl (C=O) groups is 1. The number of benzene rings is 2. The Morgan fingerprint density at radius 2 is 1.67 bits per heavy atom. The number of rotatable bonds is 4. The van der Waals surface area contributed by atoms with Crippen molar-refractivity contribution in [1.29, 1.82) is 0 Å². The fourth-order valence-electron chi connectivity index (χ4n) is 3.02. The maximum atomic E-state index is 12.8. The zero-order chi connectivity index (χ0) is 19.0. The molecule has 6 heteroatoms. The van der Waals surface area contributed by atoms with Crippen LogP contribution in [-0.2, 0) is 4.74 Å². The molecule has 0 amide bonds. The summed E-state index contributed by atoms with van der Waals surface area (Å²) >= 11 is 0. The molecule has 27 heavy (non-hydrogen) atoms. The first-order chi connectivity index (χ1) is 13.1. The van der Waals surface area contributed by atoms with Gasteiger partial charge in [0.2, 0.25) is 0 Å². The standard InChI is InChI=1S/C21H20N4O2/c1-13(2)12-27-21(26)17-18-20(24-16-11-7-6-10-15(16)23-18)25(19(17)22)14-8-4-3-5-9-14/h3-11,13H,12,22H2,1-2H3. The van der Waals surface area contributed by atoms with E-state index >= 15 is 0 Å². The number of nitrogen functional groups attached to an aromatic ring is 1. The number of ether oxygens (including phenoxy) is 1. The van der Waals surface area contributed by atoms with Crippen LogP contribution in [0.5, 0.6) is 0 Å². The van der Waals surface area contributed by atoms with Gasteiger partial charge in [-0.2, -0.15) is 0 Å². The summed E-state index contributed by atoms with van der Waals surface area (Å²) in [5.74, 6) is 0.0234. The third kappa shape index (κ3) is 2.99. The second-order valence-corrected chi connectivity index (χ2v) is 6.81. The molecule has 4 aromatic rings. The van der Waals surface area contributed by atoms with Crippen LogP contribution in [0.1, 0.15) is 24.2 Å². The van der Waals surface area contributed by atoms with E-state index in [0.29, 0.717) is 23.3 Å². The zero-order valence-electron chi connectivity index (χ0n) is 15.2. The quantitative estimate of drug-likeness (QED) is 0.557. The zero-order valence-corrected chi connectivity index (χ0v) is 15.2. The van der Waals surface area contributed by atoms with Crippen LogP contribution in [0.25, 0.3) is 27.9 Å². The summed E-state index contributed by atoms with van der Waals surface area (Å²) in [7, 11) is 0. The number of para-hydroxylation sites is 3. The SMILES string of the molecule is CC(C)COC(=O)c1c(N)n(-c2ccccc2)c2nc3ccccc3nc12. The van der Waals surface area contributed by atoms with Gasteiger partial charge in [-0.15, -0.1) is 0 Å². The monoisotopic (exact) mass is 360 g/mol. The lowest BCUT2D eigenvalue weighted by Gasteiger charge is -2.08. The van der Waals surface area contributed by atoms with E-state index in [1.807, 2.05) is 68.4 Å². The molecule has 0 fully saturated rings. The predicted octanol–water partition coefficient (Wildman–Crippen LogP) is 3.97. The summed E-state index contributed by atoms with van der Waals surface area (Å²) in [6, 6.07) is 17.1. The third-order valence-electron chi connectivity index (χ3n) is 4.26. The van der Waals surface area contributed by atoms with E-state index in [2.05, 4.69) is 4.98 Å². The number of fused-ring (bicyclic) bond motifs is 2. The van der Waals surface area contributed by atoms with Gasteiger partial charge in [-0.05, 0) is 30.2 Å².